The fourth-order valence-electron chi connectivity index (χ4n) is 3.30. The number of carbonyl (C=O) groups excluding carboxylic acids is 2. The Hall–Kier alpha value is -3.83. The summed E-state index contributed by atoms with van der Waals surface area (Å²) in [4.78, 5) is 24.7. The third-order valence-corrected chi connectivity index (χ3v) is 7.18. The van der Waals surface area contributed by atoms with Crippen molar-refractivity contribution >= 4 is 44.9 Å². The minimum atomic E-state index is -4.33. The first-order chi connectivity index (χ1) is 17.6. The van der Waals surface area contributed by atoms with Crippen molar-refractivity contribution in [1.82, 2.24) is 0 Å². The van der Waals surface area contributed by atoms with Crippen molar-refractivity contribution in [1.29, 1.82) is 0 Å². The zero-order valence-electron chi connectivity index (χ0n) is 20.2. The average Bonchev–Trinajstić information content (AvgIpc) is 2.88. The Labute approximate surface area is 218 Å². The largest absolute Gasteiger partial charge is 0.493 e. The Balaban J connectivity index is 1.93. The first-order valence-electron chi connectivity index (χ1n) is 10.9. The van der Waals surface area contributed by atoms with Gasteiger partial charge in [0.2, 0.25) is 5.91 Å². The number of ether oxygens (including phenoxy) is 3. The van der Waals surface area contributed by atoms with Crippen LogP contribution in [0.25, 0.3) is 0 Å². The molecule has 0 spiro atoms. The Bertz CT molecular complexity index is 1400. The second-order valence-electron chi connectivity index (χ2n) is 7.47. The smallest absolute Gasteiger partial charge is 0.338 e. The van der Waals surface area contributed by atoms with Gasteiger partial charge in [0.15, 0.2) is 11.5 Å². The first-order valence-corrected chi connectivity index (χ1v) is 12.7. The molecule has 3 aromatic carbocycles. The number of nitrogens with zero attached hydrogens (tertiary/aromatic N) is 1. The zero-order valence-corrected chi connectivity index (χ0v) is 21.7. The Morgan fingerprint density at radius 3 is 2.24 bits per heavy atom. The molecule has 0 aliphatic rings. The number of amides is 1. The van der Waals surface area contributed by atoms with Crippen LogP contribution in [-0.2, 0) is 19.6 Å². The van der Waals surface area contributed by atoms with E-state index >= 15 is 0 Å². The van der Waals surface area contributed by atoms with Crippen LogP contribution in [0.2, 0.25) is 5.02 Å². The van der Waals surface area contributed by atoms with E-state index in [2.05, 4.69) is 5.32 Å². The number of hydrogen-bond acceptors (Lipinski definition) is 7. The third kappa shape index (κ3) is 6.49. The number of halogens is 2. The van der Waals surface area contributed by atoms with Gasteiger partial charge in [0, 0.05) is 6.07 Å². The lowest BCUT2D eigenvalue weighted by molar-refractivity contribution is -0.114. The predicted octanol–water partition coefficient (Wildman–Crippen LogP) is 4.51. The molecule has 0 aliphatic heterocycles. The summed E-state index contributed by atoms with van der Waals surface area (Å²) in [5.41, 5.74) is 0.395. The minimum Gasteiger partial charge on any atom is -0.493 e. The Morgan fingerprint density at radius 1 is 0.973 bits per heavy atom. The summed E-state index contributed by atoms with van der Waals surface area (Å²) < 4.78 is 56.9. The number of carbonyl (C=O) groups is 2. The summed E-state index contributed by atoms with van der Waals surface area (Å²) in [6, 6.07) is 12.8. The lowest BCUT2D eigenvalue weighted by Crippen LogP contribution is -2.38. The maximum atomic E-state index is 13.6. The first kappa shape index (κ1) is 27.8. The summed E-state index contributed by atoms with van der Waals surface area (Å²) in [7, 11) is -1.56. The third-order valence-electron chi connectivity index (χ3n) is 5.10. The van der Waals surface area contributed by atoms with Crippen LogP contribution < -0.4 is 19.1 Å². The highest BCUT2D eigenvalue weighted by Gasteiger charge is 2.29. The molecule has 0 aliphatic carbocycles. The van der Waals surface area contributed by atoms with Crippen LogP contribution in [0.4, 0.5) is 15.8 Å². The topological polar surface area (TPSA) is 111 Å². The van der Waals surface area contributed by atoms with Crippen molar-refractivity contribution in [2.24, 2.45) is 0 Å². The van der Waals surface area contributed by atoms with Crippen molar-refractivity contribution in [3.8, 4) is 11.5 Å². The monoisotopic (exact) mass is 550 g/mol. The number of nitrogens with one attached hydrogen (secondary N) is 1. The van der Waals surface area contributed by atoms with Crippen LogP contribution >= 0.6 is 11.6 Å². The molecular weight excluding hydrogens is 527 g/mol. The fraction of sp³-hybridized carbons (Fsp3) is 0.200. The van der Waals surface area contributed by atoms with Gasteiger partial charge in [0.05, 0.1) is 47.7 Å². The number of rotatable bonds is 10. The van der Waals surface area contributed by atoms with Crippen LogP contribution in [0, 0.1) is 5.82 Å². The van der Waals surface area contributed by atoms with Crippen LogP contribution in [0.3, 0.4) is 0 Å². The van der Waals surface area contributed by atoms with Crippen molar-refractivity contribution < 1.29 is 36.6 Å². The molecule has 0 atom stereocenters. The van der Waals surface area contributed by atoms with Crippen LogP contribution in [0.15, 0.2) is 65.6 Å². The van der Waals surface area contributed by atoms with E-state index in [-0.39, 0.29) is 39.2 Å². The molecule has 0 bridgehead atoms. The second kappa shape index (κ2) is 11.9. The number of benzene rings is 3. The van der Waals surface area contributed by atoms with Gasteiger partial charge in [-0.2, -0.15) is 0 Å². The van der Waals surface area contributed by atoms with Crippen LogP contribution in [0.5, 0.6) is 11.5 Å². The van der Waals surface area contributed by atoms with E-state index in [1.807, 2.05) is 0 Å². The number of sulfonamides is 1. The average molecular weight is 551 g/mol. The molecule has 3 aromatic rings. The maximum Gasteiger partial charge on any atom is 0.338 e. The lowest BCUT2D eigenvalue weighted by Gasteiger charge is -2.24. The fourth-order valence-corrected chi connectivity index (χ4v) is 4.97. The Morgan fingerprint density at radius 2 is 1.65 bits per heavy atom. The van der Waals surface area contributed by atoms with Crippen molar-refractivity contribution in [2.75, 3.05) is 37.0 Å². The molecule has 0 fully saturated rings. The van der Waals surface area contributed by atoms with Gasteiger partial charge in [-0.15, -0.1) is 0 Å². The summed E-state index contributed by atoms with van der Waals surface area (Å²) in [6.07, 6.45) is 0. The molecule has 12 heteroatoms. The van der Waals surface area contributed by atoms with E-state index in [4.69, 9.17) is 25.8 Å². The van der Waals surface area contributed by atoms with Gasteiger partial charge >= 0.3 is 5.97 Å². The standard InChI is InChI=1S/C25H24ClFN2O7S/c1-4-36-25(31)16-5-11-21(20(26)13-16)28-24(30)15-29(18-8-6-17(27)7-9-18)37(32,33)19-10-12-22(34-2)23(14-19)35-3/h5-14H,4,15H2,1-3H3,(H,28,30). The van der Waals surface area contributed by atoms with Gasteiger partial charge in [0.25, 0.3) is 10.0 Å². The van der Waals surface area contributed by atoms with Crippen molar-refractivity contribution in [3.63, 3.8) is 0 Å². The number of methoxy groups -OCH3 is 2. The zero-order chi connectivity index (χ0) is 27.2. The van der Waals surface area contributed by atoms with Crippen LogP contribution in [-0.4, -0.2) is 47.7 Å². The van der Waals surface area contributed by atoms with E-state index in [1.165, 1.54) is 62.8 Å². The SMILES string of the molecule is CCOC(=O)c1ccc(NC(=O)CN(c2ccc(F)cc2)S(=O)(=O)c2ccc(OC)c(OC)c2)c(Cl)c1. The number of anilines is 2. The molecule has 1 amide bonds. The molecule has 0 aromatic heterocycles. The highest BCUT2D eigenvalue weighted by atomic mass is 35.5. The van der Waals surface area contributed by atoms with Crippen LogP contribution in [0.1, 0.15) is 17.3 Å². The highest BCUT2D eigenvalue weighted by molar-refractivity contribution is 7.92. The molecule has 0 saturated heterocycles. The van der Waals surface area contributed by atoms with Gasteiger partial charge in [0.1, 0.15) is 12.4 Å². The van der Waals surface area contributed by atoms with E-state index in [9.17, 15) is 22.4 Å². The second-order valence-corrected chi connectivity index (χ2v) is 9.74. The molecule has 0 heterocycles. The summed E-state index contributed by atoms with van der Waals surface area (Å²) >= 11 is 6.21. The quantitative estimate of drug-likeness (QED) is 0.370. The molecule has 0 saturated carbocycles. The van der Waals surface area contributed by atoms with E-state index in [1.54, 1.807) is 6.92 Å². The molecule has 1 N–H and O–H groups in total. The van der Waals surface area contributed by atoms with Gasteiger partial charge in [-0.1, -0.05) is 11.6 Å². The van der Waals surface area contributed by atoms with E-state index < -0.39 is 34.3 Å². The maximum absolute atomic E-state index is 13.6. The van der Waals surface area contributed by atoms with Crippen molar-refractivity contribution in [3.05, 3.63) is 77.1 Å². The minimum absolute atomic E-state index is 0.0509. The highest BCUT2D eigenvalue weighted by Crippen LogP contribution is 2.32. The molecule has 9 nitrogen and oxygen atoms in total. The van der Waals surface area contributed by atoms with Gasteiger partial charge in [-0.3, -0.25) is 9.10 Å². The van der Waals surface area contributed by atoms with Gasteiger partial charge in [-0.25, -0.2) is 17.6 Å². The van der Waals surface area contributed by atoms with Gasteiger partial charge < -0.3 is 19.5 Å². The summed E-state index contributed by atoms with van der Waals surface area (Å²) in [5, 5.41) is 2.59. The van der Waals surface area contributed by atoms with Crippen molar-refractivity contribution in [2.45, 2.75) is 11.8 Å². The molecule has 0 radical (unpaired) electrons. The van der Waals surface area contributed by atoms with E-state index in [0.717, 1.165) is 16.4 Å². The normalized spacial score (nSPS) is 10.9. The van der Waals surface area contributed by atoms with Gasteiger partial charge in [-0.05, 0) is 61.5 Å². The lowest BCUT2D eigenvalue weighted by atomic mass is 10.2. The Kier molecular flexibility index (Phi) is 8.95. The number of hydrogen-bond donors (Lipinski definition) is 1. The van der Waals surface area contributed by atoms with E-state index in [0.29, 0.717) is 5.75 Å². The molecule has 37 heavy (non-hydrogen) atoms. The molecule has 3 rings (SSSR count). The number of esters is 1. The molecule has 0 unspecified atom stereocenters. The molecular formula is C25H24ClFN2O7S. The molecule has 196 valence electrons. The summed E-state index contributed by atoms with van der Waals surface area (Å²) in [6.45, 7) is 1.18. The predicted molar refractivity (Wildman–Crippen MR) is 137 cm³/mol. The summed E-state index contributed by atoms with van der Waals surface area (Å²) in [5.74, 6) is -1.41.